The molecule has 7 nitrogen and oxygen atoms in total. The molecule has 0 spiro atoms. The Hall–Kier alpha value is -2.10. The fraction of sp³-hybridized carbons (Fsp3) is 0.409. The summed E-state index contributed by atoms with van der Waals surface area (Å²) in [5.41, 5.74) is 1.64. The van der Waals surface area contributed by atoms with E-state index in [4.69, 9.17) is 21.1 Å². The third kappa shape index (κ3) is 7.50. The molecular formula is C22H27ClN2O5S2. The first-order valence-electron chi connectivity index (χ1n) is 10.3. The van der Waals surface area contributed by atoms with Gasteiger partial charge in [0.15, 0.2) is 11.5 Å². The maximum atomic E-state index is 12.3. The molecular weight excluding hydrogens is 472 g/mol. The van der Waals surface area contributed by atoms with Crippen LogP contribution in [-0.2, 0) is 20.6 Å². The summed E-state index contributed by atoms with van der Waals surface area (Å²) < 4.78 is 36.9. The van der Waals surface area contributed by atoms with Crippen LogP contribution in [0.1, 0.15) is 18.4 Å². The van der Waals surface area contributed by atoms with E-state index in [1.165, 1.54) is 4.31 Å². The standard InChI is InChI=1S/C22H27ClN2O5S2/c1-32(27,28)25(19-7-8-20-21(15-19)30-12-11-29-20)10-3-6-22(26)24-9-13-31-16-17-4-2-5-18(23)14-17/h2,4-5,7-8,14-15H,3,6,9-13,16H2,1H3,(H,24,26). The third-order valence-electron chi connectivity index (χ3n) is 4.71. The molecule has 32 heavy (non-hydrogen) atoms. The van der Waals surface area contributed by atoms with Gasteiger partial charge in [-0.3, -0.25) is 9.10 Å². The predicted octanol–water partition coefficient (Wildman–Crippen LogP) is 3.71. The van der Waals surface area contributed by atoms with Crippen molar-refractivity contribution < 1.29 is 22.7 Å². The van der Waals surface area contributed by atoms with Gasteiger partial charge in [0.2, 0.25) is 15.9 Å². The number of carbonyl (C=O) groups is 1. The van der Waals surface area contributed by atoms with Gasteiger partial charge in [0.1, 0.15) is 13.2 Å². The van der Waals surface area contributed by atoms with Crippen molar-refractivity contribution in [2.24, 2.45) is 0 Å². The summed E-state index contributed by atoms with van der Waals surface area (Å²) in [5, 5.41) is 3.60. The maximum absolute atomic E-state index is 12.3. The molecule has 3 rings (SSSR count). The Labute approximate surface area is 198 Å². The summed E-state index contributed by atoms with van der Waals surface area (Å²) in [6, 6.07) is 12.8. The van der Waals surface area contributed by atoms with E-state index in [9.17, 15) is 13.2 Å². The highest BCUT2D eigenvalue weighted by atomic mass is 35.5. The van der Waals surface area contributed by atoms with Crippen molar-refractivity contribution in [3.05, 3.63) is 53.1 Å². The molecule has 1 heterocycles. The van der Waals surface area contributed by atoms with Crippen molar-refractivity contribution in [2.45, 2.75) is 18.6 Å². The molecule has 174 valence electrons. The molecule has 2 aromatic rings. The van der Waals surface area contributed by atoms with E-state index in [2.05, 4.69) is 5.32 Å². The number of thioether (sulfide) groups is 1. The van der Waals surface area contributed by atoms with Crippen molar-refractivity contribution in [3.8, 4) is 11.5 Å². The first-order chi connectivity index (χ1) is 15.3. The van der Waals surface area contributed by atoms with Crippen LogP contribution in [0.5, 0.6) is 11.5 Å². The van der Waals surface area contributed by atoms with E-state index in [1.807, 2.05) is 24.3 Å². The number of carbonyl (C=O) groups excluding carboxylic acids is 1. The number of hydrogen-bond donors (Lipinski definition) is 1. The van der Waals surface area contributed by atoms with Gasteiger partial charge in [-0.1, -0.05) is 23.7 Å². The van der Waals surface area contributed by atoms with Crippen molar-refractivity contribution in [3.63, 3.8) is 0 Å². The van der Waals surface area contributed by atoms with Gasteiger partial charge in [-0.25, -0.2) is 8.42 Å². The smallest absolute Gasteiger partial charge is 0.232 e. The van der Waals surface area contributed by atoms with Gasteiger partial charge in [-0.2, -0.15) is 11.8 Å². The van der Waals surface area contributed by atoms with Gasteiger partial charge in [0.05, 0.1) is 11.9 Å². The molecule has 0 unspecified atom stereocenters. The minimum absolute atomic E-state index is 0.0935. The summed E-state index contributed by atoms with van der Waals surface area (Å²) in [5.74, 6) is 2.64. The van der Waals surface area contributed by atoms with Crippen LogP contribution in [0.3, 0.4) is 0 Å². The summed E-state index contributed by atoms with van der Waals surface area (Å²) in [6.07, 6.45) is 1.81. The Morgan fingerprint density at radius 1 is 1.16 bits per heavy atom. The van der Waals surface area contributed by atoms with E-state index >= 15 is 0 Å². The van der Waals surface area contributed by atoms with E-state index in [1.54, 1.807) is 30.0 Å². The predicted molar refractivity (Wildman–Crippen MR) is 129 cm³/mol. The van der Waals surface area contributed by atoms with Crippen LogP contribution >= 0.6 is 23.4 Å². The lowest BCUT2D eigenvalue weighted by atomic mass is 10.2. The number of ether oxygens (including phenoxy) is 2. The van der Waals surface area contributed by atoms with Crippen LogP contribution in [0, 0.1) is 0 Å². The summed E-state index contributed by atoms with van der Waals surface area (Å²) in [7, 11) is -3.50. The highest BCUT2D eigenvalue weighted by Gasteiger charge is 2.21. The zero-order valence-electron chi connectivity index (χ0n) is 17.9. The molecule has 2 aromatic carbocycles. The average Bonchev–Trinajstić information content (AvgIpc) is 2.75. The highest BCUT2D eigenvalue weighted by molar-refractivity contribution is 7.98. The summed E-state index contributed by atoms with van der Waals surface area (Å²) in [6.45, 7) is 1.65. The van der Waals surface area contributed by atoms with E-state index in [0.717, 1.165) is 28.3 Å². The number of anilines is 1. The molecule has 1 aliphatic heterocycles. The van der Waals surface area contributed by atoms with Crippen molar-refractivity contribution >= 4 is 45.0 Å². The minimum atomic E-state index is -3.50. The normalized spacial score (nSPS) is 12.9. The number of amides is 1. The molecule has 0 radical (unpaired) electrons. The molecule has 1 amide bonds. The van der Waals surface area contributed by atoms with Crippen LogP contribution in [0.4, 0.5) is 5.69 Å². The fourth-order valence-corrected chi connectivity index (χ4v) is 5.20. The van der Waals surface area contributed by atoms with Crippen LogP contribution in [-0.4, -0.2) is 52.6 Å². The first-order valence-corrected chi connectivity index (χ1v) is 13.7. The molecule has 0 aromatic heterocycles. The van der Waals surface area contributed by atoms with Crippen molar-refractivity contribution in [1.82, 2.24) is 5.32 Å². The van der Waals surface area contributed by atoms with Gasteiger partial charge in [0, 0.05) is 42.1 Å². The largest absolute Gasteiger partial charge is 0.486 e. The topological polar surface area (TPSA) is 84.9 Å². The highest BCUT2D eigenvalue weighted by Crippen LogP contribution is 2.34. The van der Waals surface area contributed by atoms with Crippen LogP contribution in [0.25, 0.3) is 0 Å². The monoisotopic (exact) mass is 498 g/mol. The first kappa shape index (κ1) is 24.5. The number of sulfonamides is 1. The SMILES string of the molecule is CS(=O)(=O)N(CCCC(=O)NCCSCc1cccc(Cl)c1)c1ccc2c(c1)OCCO2. The number of nitrogens with one attached hydrogen (secondary N) is 1. The maximum Gasteiger partial charge on any atom is 0.232 e. The Morgan fingerprint density at radius 2 is 1.94 bits per heavy atom. The molecule has 10 heteroatoms. The number of hydrogen-bond acceptors (Lipinski definition) is 6. The minimum Gasteiger partial charge on any atom is -0.486 e. The summed E-state index contributed by atoms with van der Waals surface area (Å²) in [4.78, 5) is 12.1. The lowest BCUT2D eigenvalue weighted by molar-refractivity contribution is -0.121. The average molecular weight is 499 g/mol. The Balaban J connectivity index is 1.41. The Bertz CT molecular complexity index is 1030. The Kier molecular flexibility index (Phi) is 8.95. The molecule has 0 atom stereocenters. The quantitative estimate of drug-likeness (QED) is 0.475. The molecule has 0 fully saturated rings. The van der Waals surface area contributed by atoms with Gasteiger partial charge >= 0.3 is 0 Å². The van der Waals surface area contributed by atoms with E-state index < -0.39 is 10.0 Å². The van der Waals surface area contributed by atoms with Crippen LogP contribution < -0.4 is 19.1 Å². The number of halogens is 1. The molecule has 1 aliphatic rings. The number of nitrogens with zero attached hydrogens (tertiary/aromatic N) is 1. The third-order valence-corrected chi connectivity index (χ3v) is 7.16. The second-order valence-corrected chi connectivity index (χ2v) is 10.7. The van der Waals surface area contributed by atoms with Gasteiger partial charge in [-0.15, -0.1) is 0 Å². The second kappa shape index (κ2) is 11.7. The Morgan fingerprint density at radius 3 is 2.69 bits per heavy atom. The van der Waals surface area contributed by atoms with Crippen LogP contribution in [0.15, 0.2) is 42.5 Å². The van der Waals surface area contributed by atoms with Gasteiger partial charge in [0.25, 0.3) is 0 Å². The van der Waals surface area contributed by atoms with Gasteiger partial charge < -0.3 is 14.8 Å². The number of rotatable bonds is 11. The number of fused-ring (bicyclic) bond motifs is 1. The fourth-order valence-electron chi connectivity index (χ4n) is 3.22. The summed E-state index contributed by atoms with van der Waals surface area (Å²) >= 11 is 7.69. The number of benzene rings is 2. The van der Waals surface area contributed by atoms with E-state index in [-0.39, 0.29) is 18.9 Å². The van der Waals surface area contributed by atoms with Crippen molar-refractivity contribution in [1.29, 1.82) is 0 Å². The molecule has 0 aliphatic carbocycles. The molecule has 0 bridgehead atoms. The van der Waals surface area contributed by atoms with Crippen molar-refractivity contribution in [2.75, 3.05) is 42.6 Å². The zero-order chi connectivity index (χ0) is 23.0. The molecule has 0 saturated carbocycles. The van der Waals surface area contributed by atoms with E-state index in [0.29, 0.717) is 43.4 Å². The lowest BCUT2D eigenvalue weighted by Crippen LogP contribution is -2.32. The molecule has 0 saturated heterocycles. The lowest BCUT2D eigenvalue weighted by Gasteiger charge is -2.25. The second-order valence-electron chi connectivity index (χ2n) is 7.30. The van der Waals surface area contributed by atoms with Crippen LogP contribution in [0.2, 0.25) is 5.02 Å². The zero-order valence-corrected chi connectivity index (χ0v) is 20.3. The van der Waals surface area contributed by atoms with Gasteiger partial charge in [-0.05, 0) is 36.2 Å². The molecule has 1 N–H and O–H groups in total.